The minimum absolute atomic E-state index is 0.179. The van der Waals surface area contributed by atoms with Crippen molar-refractivity contribution in [3.63, 3.8) is 0 Å². The van der Waals surface area contributed by atoms with Crippen molar-refractivity contribution in [1.82, 2.24) is 15.4 Å². The van der Waals surface area contributed by atoms with Crippen LogP contribution in [-0.2, 0) is 12.0 Å². The molecule has 8 nitrogen and oxygen atoms in total. The van der Waals surface area contributed by atoms with Crippen molar-refractivity contribution in [3.8, 4) is 11.5 Å². The lowest BCUT2D eigenvalue weighted by Gasteiger charge is -2.55. The Morgan fingerprint density at radius 2 is 1.83 bits per heavy atom. The van der Waals surface area contributed by atoms with E-state index < -0.39 is 0 Å². The molecule has 7 rings (SSSR count). The fourth-order valence-electron chi connectivity index (χ4n) is 6.82. The third-order valence-electron chi connectivity index (χ3n) is 8.12. The molecule has 0 aliphatic heterocycles. The second-order valence-corrected chi connectivity index (χ2v) is 11.5. The predicted octanol–water partition coefficient (Wildman–Crippen LogP) is 5.45. The van der Waals surface area contributed by atoms with Crippen molar-refractivity contribution < 1.29 is 18.8 Å². The number of ether oxygens (including phenoxy) is 2. The molecule has 0 radical (unpaired) electrons. The molecule has 3 aromatic rings. The minimum atomic E-state index is -0.242. The molecule has 4 bridgehead atoms. The van der Waals surface area contributed by atoms with Crippen molar-refractivity contribution in [3.05, 3.63) is 45.8 Å². The highest BCUT2D eigenvalue weighted by atomic mass is 32.1. The van der Waals surface area contributed by atoms with Crippen LogP contribution in [0.2, 0.25) is 0 Å². The van der Waals surface area contributed by atoms with Crippen LogP contribution < -0.4 is 14.8 Å². The van der Waals surface area contributed by atoms with Gasteiger partial charge in [0, 0.05) is 11.0 Å². The summed E-state index contributed by atoms with van der Waals surface area (Å²) in [6.45, 7) is 4.04. The van der Waals surface area contributed by atoms with Gasteiger partial charge in [-0.05, 0) is 88.3 Å². The van der Waals surface area contributed by atoms with E-state index in [-0.39, 0.29) is 11.3 Å². The maximum atomic E-state index is 13.0. The normalized spacial score (nSPS) is 26.7. The number of carbonyl (C=O) groups excluding carboxylic acids is 1. The lowest BCUT2D eigenvalue weighted by Crippen LogP contribution is -2.48. The summed E-state index contributed by atoms with van der Waals surface area (Å²) in [5.41, 5.74) is 2.35. The van der Waals surface area contributed by atoms with Crippen LogP contribution in [0.1, 0.15) is 70.9 Å². The number of benzene rings is 1. The Bertz CT molecular complexity index is 1210. The van der Waals surface area contributed by atoms with Crippen LogP contribution >= 0.6 is 11.3 Å². The quantitative estimate of drug-likeness (QED) is 0.466. The zero-order valence-corrected chi connectivity index (χ0v) is 21.1. The number of hydrogen-bond acceptors (Lipinski definition) is 8. The number of nitrogens with one attached hydrogen (secondary N) is 1. The van der Waals surface area contributed by atoms with Crippen LogP contribution in [0, 0.1) is 31.6 Å². The summed E-state index contributed by atoms with van der Waals surface area (Å²) in [7, 11) is 1.56. The molecule has 0 spiro atoms. The molecule has 1 aromatic carbocycles. The number of aryl methyl sites for hydroxylation is 2. The van der Waals surface area contributed by atoms with Gasteiger partial charge in [0.1, 0.15) is 17.4 Å². The van der Waals surface area contributed by atoms with Gasteiger partial charge in [-0.1, -0.05) is 16.5 Å². The van der Waals surface area contributed by atoms with E-state index in [4.69, 9.17) is 14.0 Å². The first kappa shape index (κ1) is 22.5. The second kappa shape index (κ2) is 8.62. The molecular formula is C26H30N4O4S. The SMILES string of the molecule is COc1cc(C(=O)Nc2nnc(C34CC5CC(CC(C5)C3)C4)s2)ccc1OCc1c(C)noc1C. The molecule has 0 atom stereocenters. The number of anilines is 1. The van der Waals surface area contributed by atoms with E-state index >= 15 is 0 Å². The van der Waals surface area contributed by atoms with Gasteiger partial charge in [-0.3, -0.25) is 10.1 Å². The average Bonchev–Trinajstić information content (AvgIpc) is 3.43. The third kappa shape index (κ3) is 4.09. The molecule has 9 heteroatoms. The van der Waals surface area contributed by atoms with E-state index in [1.165, 1.54) is 38.5 Å². The van der Waals surface area contributed by atoms with E-state index in [0.717, 1.165) is 39.8 Å². The van der Waals surface area contributed by atoms with Crippen molar-refractivity contribution in [2.75, 3.05) is 12.4 Å². The summed E-state index contributed by atoms with van der Waals surface area (Å²) in [6.07, 6.45) is 7.86. The molecule has 0 unspecified atom stereocenters. The van der Waals surface area contributed by atoms with E-state index in [1.807, 2.05) is 13.8 Å². The number of amides is 1. The maximum absolute atomic E-state index is 13.0. The molecule has 35 heavy (non-hydrogen) atoms. The molecule has 2 heterocycles. The maximum Gasteiger partial charge on any atom is 0.257 e. The molecule has 4 fully saturated rings. The number of nitrogens with zero attached hydrogens (tertiary/aromatic N) is 3. The number of rotatable bonds is 7. The Balaban J connectivity index is 1.14. The van der Waals surface area contributed by atoms with E-state index in [0.29, 0.717) is 28.8 Å². The molecule has 4 saturated carbocycles. The standard InChI is InChI=1S/C26H30N4O4S/c1-14-20(15(2)34-30-14)13-33-21-5-4-19(9-22(21)32-3)23(31)27-25-29-28-24(35-25)26-10-16-6-17(11-26)8-18(7-16)12-26/h4-5,9,16-18H,6-8,10-13H2,1-3H3,(H,27,29,31). The third-order valence-corrected chi connectivity index (χ3v) is 9.20. The van der Waals surface area contributed by atoms with Crippen molar-refractivity contribution in [1.29, 1.82) is 0 Å². The van der Waals surface area contributed by atoms with E-state index in [9.17, 15) is 4.79 Å². The van der Waals surface area contributed by atoms with E-state index in [1.54, 1.807) is 36.6 Å². The fraction of sp³-hybridized carbons (Fsp3) is 0.538. The Morgan fingerprint density at radius 1 is 1.11 bits per heavy atom. The summed E-state index contributed by atoms with van der Waals surface area (Å²) in [4.78, 5) is 13.0. The Kier molecular flexibility index (Phi) is 5.55. The number of hydrogen-bond donors (Lipinski definition) is 1. The van der Waals surface area contributed by atoms with Crippen LogP contribution in [0.15, 0.2) is 22.7 Å². The first-order valence-electron chi connectivity index (χ1n) is 12.3. The number of aromatic nitrogens is 3. The average molecular weight is 495 g/mol. The van der Waals surface area contributed by atoms with Gasteiger partial charge in [-0.2, -0.15) is 0 Å². The number of carbonyl (C=O) groups is 1. The van der Waals surface area contributed by atoms with Crippen LogP contribution in [0.4, 0.5) is 5.13 Å². The van der Waals surface area contributed by atoms with Gasteiger partial charge in [0.05, 0.1) is 18.4 Å². The van der Waals surface area contributed by atoms with Gasteiger partial charge >= 0.3 is 0 Å². The molecular weight excluding hydrogens is 464 g/mol. The highest BCUT2D eigenvalue weighted by Gasteiger charge is 2.53. The second-order valence-electron chi connectivity index (χ2n) is 10.5. The van der Waals surface area contributed by atoms with Crippen LogP contribution in [-0.4, -0.2) is 28.4 Å². The van der Waals surface area contributed by atoms with Crippen molar-refractivity contribution in [2.45, 2.75) is 64.4 Å². The monoisotopic (exact) mass is 494 g/mol. The highest BCUT2D eigenvalue weighted by Crippen LogP contribution is 2.61. The zero-order valence-electron chi connectivity index (χ0n) is 20.3. The molecule has 184 valence electrons. The smallest absolute Gasteiger partial charge is 0.257 e. The Hall–Kier alpha value is -2.94. The molecule has 1 amide bonds. The summed E-state index contributed by atoms with van der Waals surface area (Å²) in [6, 6.07) is 5.15. The van der Waals surface area contributed by atoms with Crippen LogP contribution in [0.5, 0.6) is 11.5 Å². The predicted molar refractivity (Wildman–Crippen MR) is 131 cm³/mol. The van der Waals surface area contributed by atoms with Crippen molar-refractivity contribution >= 4 is 22.4 Å². The minimum Gasteiger partial charge on any atom is -0.493 e. The fourth-order valence-corrected chi connectivity index (χ4v) is 7.77. The molecule has 4 aliphatic carbocycles. The first-order chi connectivity index (χ1) is 16.9. The van der Waals surface area contributed by atoms with Gasteiger partial charge < -0.3 is 14.0 Å². The summed E-state index contributed by atoms with van der Waals surface area (Å²) in [5, 5.41) is 17.5. The van der Waals surface area contributed by atoms with Gasteiger partial charge in [0.2, 0.25) is 5.13 Å². The summed E-state index contributed by atoms with van der Waals surface area (Å²) < 4.78 is 16.6. The van der Waals surface area contributed by atoms with Gasteiger partial charge in [-0.25, -0.2) is 0 Å². The largest absolute Gasteiger partial charge is 0.493 e. The van der Waals surface area contributed by atoms with Gasteiger partial charge in [0.25, 0.3) is 5.91 Å². The summed E-state index contributed by atoms with van der Waals surface area (Å²) in [5.74, 6) is 4.04. The lowest BCUT2D eigenvalue weighted by molar-refractivity contribution is -0.00555. The Morgan fingerprint density at radius 3 is 2.46 bits per heavy atom. The lowest BCUT2D eigenvalue weighted by atomic mass is 9.50. The molecule has 0 saturated heterocycles. The zero-order chi connectivity index (χ0) is 24.2. The van der Waals surface area contributed by atoms with Crippen LogP contribution in [0.25, 0.3) is 0 Å². The Labute approximate surface area is 208 Å². The van der Waals surface area contributed by atoms with Crippen LogP contribution in [0.3, 0.4) is 0 Å². The summed E-state index contributed by atoms with van der Waals surface area (Å²) >= 11 is 1.54. The van der Waals surface area contributed by atoms with Gasteiger partial charge in [0.15, 0.2) is 11.5 Å². The molecule has 1 N–H and O–H groups in total. The van der Waals surface area contributed by atoms with Crippen molar-refractivity contribution in [2.24, 2.45) is 17.8 Å². The molecule has 4 aliphatic rings. The highest BCUT2D eigenvalue weighted by molar-refractivity contribution is 7.15. The number of methoxy groups -OCH3 is 1. The topological polar surface area (TPSA) is 99.4 Å². The molecule has 2 aromatic heterocycles. The van der Waals surface area contributed by atoms with E-state index in [2.05, 4.69) is 20.7 Å². The van der Waals surface area contributed by atoms with Gasteiger partial charge in [-0.15, -0.1) is 10.2 Å². The first-order valence-corrected chi connectivity index (χ1v) is 13.1.